The molecule has 0 aromatic rings. The molecule has 0 N–H and O–H groups in total. The summed E-state index contributed by atoms with van der Waals surface area (Å²) in [5.74, 6) is 0.786. The Kier molecular flexibility index (Phi) is 3.53. The summed E-state index contributed by atoms with van der Waals surface area (Å²) in [5.41, 5.74) is 0. The van der Waals surface area contributed by atoms with E-state index in [2.05, 4.69) is 37.6 Å². The molecule has 0 unspecified atom stereocenters. The molecule has 1 aliphatic heterocycles. The monoisotopic (exact) mass is 170 g/mol. The molecule has 1 saturated heterocycles. The maximum atomic E-state index is 2.60. The van der Waals surface area contributed by atoms with Crippen molar-refractivity contribution in [3.05, 3.63) is 0 Å². The highest BCUT2D eigenvalue weighted by molar-refractivity contribution is 4.76. The SMILES string of the molecule is CC(C)[C@@H](C)N1CCN(C)CC1. The predicted octanol–water partition coefficient (Wildman–Crippen LogP) is 1.28. The average Bonchev–Trinajstić information content (AvgIpc) is 2.04. The molecule has 0 radical (unpaired) electrons. The van der Waals surface area contributed by atoms with E-state index in [-0.39, 0.29) is 0 Å². The van der Waals surface area contributed by atoms with Crippen molar-refractivity contribution >= 4 is 0 Å². The lowest BCUT2D eigenvalue weighted by molar-refractivity contribution is 0.0975. The van der Waals surface area contributed by atoms with Gasteiger partial charge in [0.1, 0.15) is 0 Å². The van der Waals surface area contributed by atoms with Gasteiger partial charge in [-0.05, 0) is 19.9 Å². The van der Waals surface area contributed by atoms with Crippen molar-refractivity contribution in [1.29, 1.82) is 0 Å². The van der Waals surface area contributed by atoms with Gasteiger partial charge in [-0.3, -0.25) is 4.90 Å². The van der Waals surface area contributed by atoms with E-state index in [1.807, 2.05) is 0 Å². The van der Waals surface area contributed by atoms with Crippen LogP contribution >= 0.6 is 0 Å². The highest BCUT2D eigenvalue weighted by atomic mass is 15.3. The molecule has 0 bridgehead atoms. The van der Waals surface area contributed by atoms with Crippen LogP contribution in [0.3, 0.4) is 0 Å². The predicted molar refractivity (Wildman–Crippen MR) is 53.4 cm³/mol. The third kappa shape index (κ3) is 2.46. The Labute approximate surface area is 76.5 Å². The van der Waals surface area contributed by atoms with Crippen LogP contribution in [0.25, 0.3) is 0 Å². The number of hydrogen-bond donors (Lipinski definition) is 0. The van der Waals surface area contributed by atoms with E-state index in [0.717, 1.165) is 12.0 Å². The molecular formula is C10H22N2. The van der Waals surface area contributed by atoms with Crippen molar-refractivity contribution in [2.75, 3.05) is 33.2 Å². The van der Waals surface area contributed by atoms with E-state index in [9.17, 15) is 0 Å². The third-order valence-electron chi connectivity index (χ3n) is 3.08. The third-order valence-corrected chi connectivity index (χ3v) is 3.08. The van der Waals surface area contributed by atoms with Crippen LogP contribution in [-0.4, -0.2) is 49.1 Å². The van der Waals surface area contributed by atoms with Crippen LogP contribution < -0.4 is 0 Å². The van der Waals surface area contributed by atoms with Crippen molar-refractivity contribution in [3.8, 4) is 0 Å². The Morgan fingerprint density at radius 2 is 1.42 bits per heavy atom. The Morgan fingerprint density at radius 3 is 1.83 bits per heavy atom. The zero-order chi connectivity index (χ0) is 9.14. The Morgan fingerprint density at radius 1 is 0.917 bits per heavy atom. The second-order valence-corrected chi connectivity index (χ2v) is 4.32. The molecule has 0 aromatic heterocycles. The fourth-order valence-electron chi connectivity index (χ4n) is 1.65. The molecule has 1 fully saturated rings. The van der Waals surface area contributed by atoms with Crippen LogP contribution in [0.2, 0.25) is 0 Å². The highest BCUT2D eigenvalue weighted by Crippen LogP contribution is 2.11. The first-order chi connectivity index (χ1) is 5.61. The minimum Gasteiger partial charge on any atom is -0.304 e. The molecule has 12 heavy (non-hydrogen) atoms. The quantitative estimate of drug-likeness (QED) is 0.616. The standard InChI is InChI=1S/C10H22N2/c1-9(2)10(3)12-7-5-11(4)6-8-12/h9-10H,5-8H2,1-4H3/t10-/m1/s1. The number of rotatable bonds is 2. The van der Waals surface area contributed by atoms with Crippen LogP contribution in [0.15, 0.2) is 0 Å². The Hall–Kier alpha value is -0.0800. The van der Waals surface area contributed by atoms with E-state index < -0.39 is 0 Å². The van der Waals surface area contributed by atoms with Gasteiger partial charge in [-0.15, -0.1) is 0 Å². The van der Waals surface area contributed by atoms with Gasteiger partial charge >= 0.3 is 0 Å². The van der Waals surface area contributed by atoms with Crippen LogP contribution in [-0.2, 0) is 0 Å². The number of hydrogen-bond acceptors (Lipinski definition) is 2. The van der Waals surface area contributed by atoms with Crippen molar-refractivity contribution in [1.82, 2.24) is 9.80 Å². The van der Waals surface area contributed by atoms with Crippen molar-refractivity contribution in [2.24, 2.45) is 5.92 Å². The summed E-state index contributed by atoms with van der Waals surface area (Å²) in [6.07, 6.45) is 0. The molecule has 0 aliphatic carbocycles. The molecule has 1 rings (SSSR count). The lowest BCUT2D eigenvalue weighted by atomic mass is 10.0. The first kappa shape index (κ1) is 10.0. The topological polar surface area (TPSA) is 6.48 Å². The summed E-state index contributed by atoms with van der Waals surface area (Å²) >= 11 is 0. The van der Waals surface area contributed by atoms with Gasteiger partial charge in [0.2, 0.25) is 0 Å². The van der Waals surface area contributed by atoms with Gasteiger partial charge in [-0.25, -0.2) is 0 Å². The largest absolute Gasteiger partial charge is 0.304 e. The van der Waals surface area contributed by atoms with Gasteiger partial charge in [0.05, 0.1) is 0 Å². The first-order valence-corrected chi connectivity index (χ1v) is 5.04. The molecule has 2 heteroatoms. The van der Waals surface area contributed by atoms with E-state index in [1.165, 1.54) is 26.2 Å². The van der Waals surface area contributed by atoms with Crippen LogP contribution in [0, 0.1) is 5.92 Å². The summed E-state index contributed by atoms with van der Waals surface area (Å²) in [6, 6.07) is 0.749. The second kappa shape index (κ2) is 4.24. The molecule has 2 nitrogen and oxygen atoms in total. The number of nitrogens with zero attached hydrogens (tertiary/aromatic N) is 2. The van der Waals surface area contributed by atoms with Crippen LogP contribution in [0.5, 0.6) is 0 Å². The van der Waals surface area contributed by atoms with E-state index in [1.54, 1.807) is 0 Å². The molecule has 0 spiro atoms. The summed E-state index contributed by atoms with van der Waals surface area (Å²) < 4.78 is 0. The zero-order valence-electron chi connectivity index (χ0n) is 8.88. The van der Waals surface area contributed by atoms with Gasteiger partial charge in [0.25, 0.3) is 0 Å². The summed E-state index contributed by atoms with van der Waals surface area (Å²) in [6.45, 7) is 11.9. The van der Waals surface area contributed by atoms with Gasteiger partial charge in [-0.1, -0.05) is 13.8 Å². The summed E-state index contributed by atoms with van der Waals surface area (Å²) in [7, 11) is 2.21. The van der Waals surface area contributed by atoms with E-state index in [4.69, 9.17) is 0 Å². The normalized spacial score (nSPS) is 24.8. The van der Waals surface area contributed by atoms with Gasteiger partial charge in [0, 0.05) is 32.2 Å². The molecular weight excluding hydrogens is 148 g/mol. The molecule has 1 atom stereocenters. The smallest absolute Gasteiger partial charge is 0.0113 e. The van der Waals surface area contributed by atoms with Gasteiger partial charge in [-0.2, -0.15) is 0 Å². The lowest BCUT2D eigenvalue weighted by Crippen LogP contribution is -2.49. The lowest BCUT2D eigenvalue weighted by Gasteiger charge is -2.38. The molecule has 0 aromatic carbocycles. The van der Waals surface area contributed by atoms with E-state index in [0.29, 0.717) is 0 Å². The summed E-state index contributed by atoms with van der Waals surface area (Å²) in [5, 5.41) is 0. The van der Waals surface area contributed by atoms with Crippen molar-refractivity contribution in [2.45, 2.75) is 26.8 Å². The van der Waals surface area contributed by atoms with Crippen LogP contribution in [0.1, 0.15) is 20.8 Å². The minimum absolute atomic E-state index is 0.749. The number of piperazine rings is 1. The summed E-state index contributed by atoms with van der Waals surface area (Å²) in [4.78, 5) is 5.01. The highest BCUT2D eigenvalue weighted by Gasteiger charge is 2.20. The first-order valence-electron chi connectivity index (χ1n) is 5.04. The Bertz CT molecular complexity index is 126. The molecule has 0 saturated carbocycles. The molecule has 1 aliphatic rings. The fraction of sp³-hybridized carbons (Fsp3) is 1.00. The average molecular weight is 170 g/mol. The molecule has 1 heterocycles. The molecule has 0 amide bonds. The van der Waals surface area contributed by atoms with E-state index >= 15 is 0 Å². The van der Waals surface area contributed by atoms with Crippen molar-refractivity contribution < 1.29 is 0 Å². The van der Waals surface area contributed by atoms with Gasteiger partial charge in [0.15, 0.2) is 0 Å². The number of likely N-dealkylation sites (N-methyl/N-ethyl adjacent to an activating group) is 1. The van der Waals surface area contributed by atoms with Crippen LogP contribution in [0.4, 0.5) is 0 Å². The Balaban J connectivity index is 2.34. The fourth-order valence-corrected chi connectivity index (χ4v) is 1.65. The maximum Gasteiger partial charge on any atom is 0.0113 e. The zero-order valence-corrected chi connectivity index (χ0v) is 8.88. The molecule has 72 valence electrons. The maximum absolute atomic E-state index is 2.60. The minimum atomic E-state index is 0.749. The second-order valence-electron chi connectivity index (χ2n) is 4.32. The van der Waals surface area contributed by atoms with Gasteiger partial charge < -0.3 is 4.90 Å². The van der Waals surface area contributed by atoms with Crippen molar-refractivity contribution in [3.63, 3.8) is 0 Å².